The lowest BCUT2D eigenvalue weighted by Gasteiger charge is -2.36. The highest BCUT2D eigenvalue weighted by molar-refractivity contribution is 9.08. The fourth-order valence-electron chi connectivity index (χ4n) is 2.56. The molecule has 1 aliphatic heterocycles. The molecule has 1 fully saturated rings. The van der Waals surface area contributed by atoms with Gasteiger partial charge in [-0.1, -0.05) is 15.9 Å². The standard InChI is InChI=1S/C13H14BrF3N2O2/c14-7-9-6-11(19(20)21)3-4-12(9)18-5-1-2-10(8-18)13(15,16)17/h3-4,6,10H,1-2,5,7-8H2. The van der Waals surface area contributed by atoms with E-state index in [2.05, 4.69) is 15.9 Å². The van der Waals surface area contributed by atoms with Gasteiger partial charge >= 0.3 is 6.18 Å². The first-order valence-electron chi connectivity index (χ1n) is 6.48. The second-order valence-electron chi connectivity index (χ2n) is 5.03. The molecule has 0 amide bonds. The third-order valence-electron chi connectivity index (χ3n) is 3.64. The van der Waals surface area contributed by atoms with Crippen LogP contribution >= 0.6 is 15.9 Å². The lowest BCUT2D eigenvalue weighted by atomic mass is 9.96. The van der Waals surface area contributed by atoms with E-state index in [4.69, 9.17) is 0 Å². The van der Waals surface area contributed by atoms with Gasteiger partial charge < -0.3 is 4.90 Å². The highest BCUT2D eigenvalue weighted by Gasteiger charge is 2.42. The van der Waals surface area contributed by atoms with Crippen molar-refractivity contribution in [2.24, 2.45) is 5.92 Å². The van der Waals surface area contributed by atoms with Crippen LogP contribution in [0.4, 0.5) is 24.5 Å². The molecule has 0 N–H and O–H groups in total. The summed E-state index contributed by atoms with van der Waals surface area (Å²) >= 11 is 3.24. The number of hydrogen-bond donors (Lipinski definition) is 0. The van der Waals surface area contributed by atoms with Gasteiger partial charge in [-0.2, -0.15) is 13.2 Å². The summed E-state index contributed by atoms with van der Waals surface area (Å²) < 4.78 is 38.6. The molecule has 1 heterocycles. The van der Waals surface area contributed by atoms with Crippen molar-refractivity contribution in [3.05, 3.63) is 33.9 Å². The molecule has 2 rings (SSSR count). The largest absolute Gasteiger partial charge is 0.393 e. The average Bonchev–Trinajstić information content (AvgIpc) is 2.45. The first-order valence-corrected chi connectivity index (χ1v) is 7.60. The number of piperidine rings is 1. The predicted molar refractivity (Wildman–Crippen MR) is 76.7 cm³/mol. The summed E-state index contributed by atoms with van der Waals surface area (Å²) in [6, 6.07) is 4.27. The molecule has 0 spiro atoms. The highest BCUT2D eigenvalue weighted by Crippen LogP contribution is 2.36. The van der Waals surface area contributed by atoms with Crippen LogP contribution in [0, 0.1) is 16.0 Å². The van der Waals surface area contributed by atoms with Crippen molar-refractivity contribution >= 4 is 27.3 Å². The van der Waals surface area contributed by atoms with Crippen LogP contribution in [0.3, 0.4) is 0 Å². The van der Waals surface area contributed by atoms with E-state index in [0.29, 0.717) is 29.5 Å². The molecule has 21 heavy (non-hydrogen) atoms. The van der Waals surface area contributed by atoms with Crippen LogP contribution in [-0.2, 0) is 5.33 Å². The Morgan fingerprint density at radius 2 is 2.14 bits per heavy atom. The number of nitro groups is 1. The maximum absolute atomic E-state index is 12.9. The van der Waals surface area contributed by atoms with Gasteiger partial charge in [-0.3, -0.25) is 10.1 Å². The van der Waals surface area contributed by atoms with E-state index >= 15 is 0 Å². The topological polar surface area (TPSA) is 46.4 Å². The van der Waals surface area contributed by atoms with Crippen LogP contribution in [0.5, 0.6) is 0 Å². The fourth-order valence-corrected chi connectivity index (χ4v) is 3.01. The van der Waals surface area contributed by atoms with Crippen molar-refractivity contribution < 1.29 is 18.1 Å². The minimum atomic E-state index is -4.20. The number of nitrogens with zero attached hydrogens (tertiary/aromatic N) is 2. The zero-order chi connectivity index (χ0) is 15.6. The van der Waals surface area contributed by atoms with Crippen molar-refractivity contribution in [1.82, 2.24) is 0 Å². The lowest BCUT2D eigenvalue weighted by molar-refractivity contribution is -0.384. The molecule has 116 valence electrons. The van der Waals surface area contributed by atoms with Crippen LogP contribution in [-0.4, -0.2) is 24.2 Å². The van der Waals surface area contributed by atoms with Crippen LogP contribution in [0.25, 0.3) is 0 Å². The number of hydrogen-bond acceptors (Lipinski definition) is 3. The first kappa shape index (κ1) is 16.1. The molecule has 0 saturated carbocycles. The molecule has 1 unspecified atom stereocenters. The van der Waals surface area contributed by atoms with Crippen LogP contribution in [0.15, 0.2) is 18.2 Å². The molecule has 8 heteroatoms. The molecular weight excluding hydrogens is 353 g/mol. The van der Waals surface area contributed by atoms with Gasteiger partial charge in [0.25, 0.3) is 5.69 Å². The van der Waals surface area contributed by atoms with Crippen molar-refractivity contribution in [3.63, 3.8) is 0 Å². The zero-order valence-electron chi connectivity index (χ0n) is 11.1. The Hall–Kier alpha value is -1.31. The van der Waals surface area contributed by atoms with Crippen molar-refractivity contribution in [2.75, 3.05) is 18.0 Å². The molecule has 1 aliphatic rings. The second kappa shape index (κ2) is 6.21. The maximum atomic E-state index is 12.9. The summed E-state index contributed by atoms with van der Waals surface area (Å²) in [5.41, 5.74) is 1.20. The van der Waals surface area contributed by atoms with Crippen LogP contribution in [0.1, 0.15) is 18.4 Å². The number of nitro benzene ring substituents is 1. The Morgan fingerprint density at radius 1 is 1.43 bits per heavy atom. The van der Waals surface area contributed by atoms with E-state index in [1.54, 1.807) is 4.90 Å². The van der Waals surface area contributed by atoms with E-state index in [1.165, 1.54) is 18.2 Å². The molecule has 1 atom stereocenters. The SMILES string of the molecule is O=[N+]([O-])c1ccc(N2CCCC(C(F)(F)F)C2)c(CBr)c1. The quantitative estimate of drug-likeness (QED) is 0.456. The Labute approximate surface area is 128 Å². The smallest absolute Gasteiger partial charge is 0.371 e. The van der Waals surface area contributed by atoms with Gasteiger partial charge in [0.2, 0.25) is 0 Å². The minimum absolute atomic E-state index is 0.0578. The van der Waals surface area contributed by atoms with Crippen molar-refractivity contribution in [1.29, 1.82) is 0 Å². The lowest BCUT2D eigenvalue weighted by Crippen LogP contribution is -2.42. The zero-order valence-corrected chi connectivity index (χ0v) is 12.7. The Balaban J connectivity index is 2.26. The third kappa shape index (κ3) is 3.66. The molecule has 1 aromatic rings. The summed E-state index contributed by atoms with van der Waals surface area (Å²) in [5.74, 6) is -1.34. The molecule has 4 nitrogen and oxygen atoms in total. The highest BCUT2D eigenvalue weighted by atomic mass is 79.9. The van der Waals surface area contributed by atoms with Gasteiger partial charge in [0.1, 0.15) is 0 Å². The number of rotatable bonds is 3. The minimum Gasteiger partial charge on any atom is -0.371 e. The van der Waals surface area contributed by atoms with E-state index in [-0.39, 0.29) is 18.7 Å². The van der Waals surface area contributed by atoms with Gasteiger partial charge in [-0.05, 0) is 24.5 Å². The fraction of sp³-hybridized carbons (Fsp3) is 0.538. The first-order chi connectivity index (χ1) is 9.82. The van der Waals surface area contributed by atoms with E-state index in [0.717, 1.165) is 0 Å². The molecule has 0 aliphatic carbocycles. The number of benzene rings is 1. The summed E-state index contributed by atoms with van der Waals surface area (Å²) in [6.45, 7) is 0.436. The summed E-state index contributed by atoms with van der Waals surface area (Å²) in [7, 11) is 0. The van der Waals surface area contributed by atoms with Crippen molar-refractivity contribution in [3.8, 4) is 0 Å². The molecular formula is C13H14BrF3N2O2. The van der Waals surface area contributed by atoms with Crippen molar-refractivity contribution in [2.45, 2.75) is 24.3 Å². The van der Waals surface area contributed by atoms with E-state index < -0.39 is 17.0 Å². The predicted octanol–water partition coefficient (Wildman–Crippen LogP) is 4.27. The van der Waals surface area contributed by atoms with Gasteiger partial charge in [0, 0.05) is 36.2 Å². The average molecular weight is 367 g/mol. The number of non-ortho nitro benzene ring substituents is 1. The molecule has 0 aromatic heterocycles. The van der Waals surface area contributed by atoms with E-state index in [1.807, 2.05) is 0 Å². The van der Waals surface area contributed by atoms with Crippen LogP contribution in [0.2, 0.25) is 0 Å². The molecule has 1 saturated heterocycles. The Morgan fingerprint density at radius 3 is 2.71 bits per heavy atom. The Kier molecular flexibility index (Phi) is 4.75. The second-order valence-corrected chi connectivity index (χ2v) is 5.59. The molecule has 0 bridgehead atoms. The summed E-state index contributed by atoms with van der Waals surface area (Å²) in [5, 5.41) is 11.1. The normalized spacial score (nSPS) is 19.6. The maximum Gasteiger partial charge on any atom is 0.393 e. The third-order valence-corrected chi connectivity index (χ3v) is 4.25. The van der Waals surface area contributed by atoms with Gasteiger partial charge in [0.15, 0.2) is 0 Å². The van der Waals surface area contributed by atoms with Gasteiger partial charge in [0.05, 0.1) is 10.8 Å². The Bertz CT molecular complexity index is 537. The van der Waals surface area contributed by atoms with Gasteiger partial charge in [-0.25, -0.2) is 0 Å². The van der Waals surface area contributed by atoms with E-state index in [9.17, 15) is 23.3 Å². The molecule has 0 radical (unpaired) electrons. The number of alkyl halides is 4. The number of halogens is 4. The number of anilines is 1. The summed E-state index contributed by atoms with van der Waals surface area (Å²) in [4.78, 5) is 11.9. The monoisotopic (exact) mass is 366 g/mol. The molecule has 1 aromatic carbocycles. The van der Waals surface area contributed by atoms with Gasteiger partial charge in [-0.15, -0.1) is 0 Å². The van der Waals surface area contributed by atoms with Crippen LogP contribution < -0.4 is 4.90 Å². The summed E-state index contributed by atoms with van der Waals surface area (Å²) in [6.07, 6.45) is -3.60.